The minimum atomic E-state index is 0.324. The summed E-state index contributed by atoms with van der Waals surface area (Å²) in [6.07, 6.45) is 1.08. The van der Waals surface area contributed by atoms with Crippen molar-refractivity contribution in [3.8, 4) is 0 Å². The van der Waals surface area contributed by atoms with Crippen molar-refractivity contribution < 1.29 is 4.74 Å². The maximum Gasteiger partial charge on any atom is 0.0476 e. The monoisotopic (exact) mass is 216 g/mol. The van der Waals surface area contributed by atoms with Gasteiger partial charge in [0, 0.05) is 32.8 Å². The number of nitrogens with one attached hydrogen (secondary N) is 1. The lowest BCUT2D eigenvalue weighted by molar-refractivity contribution is 0.177. The molecule has 0 saturated carbocycles. The van der Waals surface area contributed by atoms with Crippen LogP contribution in [-0.2, 0) is 4.74 Å². The molecule has 0 heterocycles. The van der Waals surface area contributed by atoms with Gasteiger partial charge in [0.05, 0.1) is 0 Å². The summed E-state index contributed by atoms with van der Waals surface area (Å²) >= 11 is 0. The van der Waals surface area contributed by atoms with E-state index in [0.717, 1.165) is 26.1 Å². The summed E-state index contributed by atoms with van der Waals surface area (Å²) in [4.78, 5) is 2.24. The van der Waals surface area contributed by atoms with Crippen molar-refractivity contribution in [3.05, 3.63) is 0 Å². The fraction of sp³-hybridized carbons (Fsp3) is 1.00. The van der Waals surface area contributed by atoms with Gasteiger partial charge >= 0.3 is 0 Å². The van der Waals surface area contributed by atoms with Crippen LogP contribution < -0.4 is 5.32 Å². The van der Waals surface area contributed by atoms with Crippen molar-refractivity contribution in [2.45, 2.75) is 33.2 Å². The van der Waals surface area contributed by atoms with Gasteiger partial charge in [-0.2, -0.15) is 0 Å². The van der Waals surface area contributed by atoms with Crippen molar-refractivity contribution in [3.63, 3.8) is 0 Å². The van der Waals surface area contributed by atoms with Crippen LogP contribution in [0.15, 0.2) is 0 Å². The lowest BCUT2D eigenvalue weighted by Gasteiger charge is -2.30. The van der Waals surface area contributed by atoms with Gasteiger partial charge in [0.1, 0.15) is 0 Å². The molecule has 0 fully saturated rings. The lowest BCUT2D eigenvalue weighted by Crippen LogP contribution is -2.41. The van der Waals surface area contributed by atoms with Gasteiger partial charge in [-0.1, -0.05) is 13.8 Å². The van der Waals surface area contributed by atoms with Crippen molar-refractivity contribution in [2.24, 2.45) is 5.41 Å². The van der Waals surface area contributed by atoms with Crippen LogP contribution in [-0.4, -0.2) is 51.8 Å². The predicted molar refractivity (Wildman–Crippen MR) is 66.3 cm³/mol. The molecule has 0 aliphatic heterocycles. The Kier molecular flexibility index (Phi) is 7.14. The highest BCUT2D eigenvalue weighted by Gasteiger charge is 2.19. The van der Waals surface area contributed by atoms with E-state index in [1.165, 1.54) is 0 Å². The first-order chi connectivity index (χ1) is 6.87. The SMILES string of the molecule is COCCC(C)NCC(C)(C)CN(C)C. The highest BCUT2D eigenvalue weighted by molar-refractivity contribution is 4.75. The molecule has 0 aliphatic rings. The van der Waals surface area contributed by atoms with Gasteiger partial charge in [-0.15, -0.1) is 0 Å². The number of rotatable bonds is 8. The summed E-state index contributed by atoms with van der Waals surface area (Å²) in [5.74, 6) is 0. The van der Waals surface area contributed by atoms with Gasteiger partial charge in [-0.3, -0.25) is 0 Å². The number of hydrogen-bond donors (Lipinski definition) is 1. The second-order valence-electron chi connectivity index (χ2n) is 5.47. The van der Waals surface area contributed by atoms with Gasteiger partial charge in [0.25, 0.3) is 0 Å². The van der Waals surface area contributed by atoms with Crippen LogP contribution in [0.4, 0.5) is 0 Å². The molecule has 0 spiro atoms. The molecule has 1 N–H and O–H groups in total. The predicted octanol–water partition coefficient (Wildman–Crippen LogP) is 1.59. The molecule has 1 atom stereocenters. The fourth-order valence-corrected chi connectivity index (χ4v) is 1.76. The second-order valence-corrected chi connectivity index (χ2v) is 5.47. The third-order valence-electron chi connectivity index (χ3n) is 2.43. The number of ether oxygens (including phenoxy) is 1. The van der Waals surface area contributed by atoms with E-state index in [9.17, 15) is 0 Å². The number of hydrogen-bond acceptors (Lipinski definition) is 3. The zero-order chi connectivity index (χ0) is 11.9. The Balaban J connectivity index is 3.71. The molecule has 3 nitrogen and oxygen atoms in total. The molecule has 0 aromatic rings. The van der Waals surface area contributed by atoms with Gasteiger partial charge in [0.15, 0.2) is 0 Å². The lowest BCUT2D eigenvalue weighted by atomic mass is 9.92. The van der Waals surface area contributed by atoms with Gasteiger partial charge in [-0.05, 0) is 32.9 Å². The quantitative estimate of drug-likeness (QED) is 0.667. The third kappa shape index (κ3) is 8.85. The average molecular weight is 216 g/mol. The van der Waals surface area contributed by atoms with Crippen LogP contribution in [0.3, 0.4) is 0 Å². The molecule has 0 bridgehead atoms. The van der Waals surface area contributed by atoms with Gasteiger partial charge < -0.3 is 15.0 Å². The summed E-state index contributed by atoms with van der Waals surface area (Å²) < 4.78 is 5.06. The van der Waals surface area contributed by atoms with E-state index in [4.69, 9.17) is 4.74 Å². The molecule has 0 rings (SSSR count). The third-order valence-corrected chi connectivity index (χ3v) is 2.43. The molecule has 0 radical (unpaired) electrons. The van der Waals surface area contributed by atoms with E-state index >= 15 is 0 Å². The zero-order valence-electron chi connectivity index (χ0n) is 11.3. The Bertz CT molecular complexity index is 158. The van der Waals surface area contributed by atoms with E-state index in [2.05, 4.69) is 45.1 Å². The van der Waals surface area contributed by atoms with E-state index in [-0.39, 0.29) is 0 Å². The standard InChI is InChI=1S/C12H28N2O/c1-11(7-8-15-6)13-9-12(2,3)10-14(4)5/h11,13H,7-10H2,1-6H3. The van der Waals surface area contributed by atoms with E-state index in [0.29, 0.717) is 11.5 Å². The van der Waals surface area contributed by atoms with Gasteiger partial charge in [0.2, 0.25) is 0 Å². The molecule has 0 aromatic carbocycles. The van der Waals surface area contributed by atoms with Crippen molar-refractivity contribution in [2.75, 3.05) is 40.9 Å². The van der Waals surface area contributed by atoms with Crippen LogP contribution in [0.25, 0.3) is 0 Å². The highest BCUT2D eigenvalue weighted by atomic mass is 16.5. The normalized spacial score (nSPS) is 14.6. The highest BCUT2D eigenvalue weighted by Crippen LogP contribution is 2.14. The van der Waals surface area contributed by atoms with Crippen LogP contribution in [0.5, 0.6) is 0 Å². The Morgan fingerprint density at radius 2 is 1.93 bits per heavy atom. The summed E-state index contributed by atoms with van der Waals surface area (Å²) in [6, 6.07) is 0.534. The molecule has 1 unspecified atom stereocenters. The Morgan fingerprint density at radius 3 is 2.40 bits per heavy atom. The molecule has 0 amide bonds. The van der Waals surface area contributed by atoms with Crippen LogP contribution in [0.1, 0.15) is 27.2 Å². The average Bonchev–Trinajstić information content (AvgIpc) is 2.09. The van der Waals surface area contributed by atoms with E-state index in [1.54, 1.807) is 7.11 Å². The minimum absolute atomic E-state index is 0.324. The summed E-state index contributed by atoms with van der Waals surface area (Å²) in [5.41, 5.74) is 0.324. The smallest absolute Gasteiger partial charge is 0.0476 e. The first-order valence-electron chi connectivity index (χ1n) is 5.74. The molecular weight excluding hydrogens is 188 g/mol. The topological polar surface area (TPSA) is 24.5 Å². The molecule has 0 aliphatic carbocycles. The number of methoxy groups -OCH3 is 1. The molecule has 92 valence electrons. The molecule has 15 heavy (non-hydrogen) atoms. The maximum atomic E-state index is 5.06. The Labute approximate surface area is 95.2 Å². The second kappa shape index (κ2) is 7.20. The largest absolute Gasteiger partial charge is 0.385 e. The Morgan fingerprint density at radius 1 is 1.33 bits per heavy atom. The molecule has 3 heteroatoms. The summed E-state index contributed by atoms with van der Waals surface area (Å²) in [5, 5.41) is 3.56. The molecular formula is C12H28N2O. The van der Waals surface area contributed by atoms with E-state index < -0.39 is 0 Å². The van der Waals surface area contributed by atoms with E-state index in [1.807, 2.05) is 0 Å². The maximum absolute atomic E-state index is 5.06. The number of nitrogens with zero attached hydrogens (tertiary/aromatic N) is 1. The summed E-state index contributed by atoms with van der Waals surface area (Å²) in [7, 11) is 5.99. The van der Waals surface area contributed by atoms with Crippen LogP contribution in [0.2, 0.25) is 0 Å². The van der Waals surface area contributed by atoms with Crippen LogP contribution in [0, 0.1) is 5.41 Å². The fourth-order valence-electron chi connectivity index (χ4n) is 1.76. The zero-order valence-corrected chi connectivity index (χ0v) is 11.3. The van der Waals surface area contributed by atoms with Crippen LogP contribution >= 0.6 is 0 Å². The van der Waals surface area contributed by atoms with Crippen molar-refractivity contribution >= 4 is 0 Å². The Hall–Kier alpha value is -0.120. The summed E-state index contributed by atoms with van der Waals surface area (Å²) in [6.45, 7) is 9.80. The molecule has 0 saturated heterocycles. The van der Waals surface area contributed by atoms with Crippen molar-refractivity contribution in [1.29, 1.82) is 0 Å². The minimum Gasteiger partial charge on any atom is -0.385 e. The van der Waals surface area contributed by atoms with Gasteiger partial charge in [-0.25, -0.2) is 0 Å². The first-order valence-corrected chi connectivity index (χ1v) is 5.74. The van der Waals surface area contributed by atoms with Crippen molar-refractivity contribution in [1.82, 2.24) is 10.2 Å². The molecule has 0 aromatic heterocycles. The first kappa shape index (κ1) is 14.9.